The Bertz CT molecular complexity index is 1010. The van der Waals surface area contributed by atoms with E-state index < -0.39 is 23.8 Å². The van der Waals surface area contributed by atoms with E-state index in [1.54, 1.807) is 52.2 Å². The minimum Gasteiger partial charge on any atom is -0.465 e. The van der Waals surface area contributed by atoms with Gasteiger partial charge in [-0.1, -0.05) is 12.1 Å². The highest BCUT2D eigenvalue weighted by Crippen LogP contribution is 2.25. The van der Waals surface area contributed by atoms with Crippen LogP contribution in [-0.2, 0) is 14.3 Å². The van der Waals surface area contributed by atoms with E-state index in [1.165, 1.54) is 30.7 Å². The zero-order valence-corrected chi connectivity index (χ0v) is 19.2. The number of thioether (sulfide) groups is 1. The summed E-state index contributed by atoms with van der Waals surface area (Å²) in [5.74, 6) is -1.60. The summed E-state index contributed by atoms with van der Waals surface area (Å²) in [7, 11) is 4.58. The molecule has 0 fully saturated rings. The van der Waals surface area contributed by atoms with E-state index in [2.05, 4.69) is 4.98 Å². The van der Waals surface area contributed by atoms with Crippen LogP contribution < -0.4 is 0 Å². The Kier molecular flexibility index (Phi) is 8.04. The molecule has 9 heteroatoms. The van der Waals surface area contributed by atoms with Crippen LogP contribution in [0.2, 0.25) is 0 Å². The second-order valence-electron chi connectivity index (χ2n) is 7.10. The summed E-state index contributed by atoms with van der Waals surface area (Å²) >= 11 is 1.22. The topological polar surface area (TPSA) is 106 Å². The van der Waals surface area contributed by atoms with Crippen LogP contribution >= 0.6 is 11.8 Å². The van der Waals surface area contributed by atoms with Gasteiger partial charge in [0, 0.05) is 24.7 Å². The number of aryl methyl sites for hydroxylation is 1. The van der Waals surface area contributed by atoms with Crippen molar-refractivity contribution in [1.29, 1.82) is 0 Å². The van der Waals surface area contributed by atoms with Gasteiger partial charge in [-0.15, -0.1) is 11.8 Å². The number of rotatable bonds is 8. The number of benzene rings is 1. The first-order chi connectivity index (χ1) is 14.6. The smallest absolute Gasteiger partial charge is 0.339 e. The fourth-order valence-corrected chi connectivity index (χ4v) is 3.93. The van der Waals surface area contributed by atoms with Gasteiger partial charge in [-0.05, 0) is 38.5 Å². The summed E-state index contributed by atoms with van der Waals surface area (Å²) in [6, 6.07) is 6.74. The molecule has 0 aliphatic rings. The van der Waals surface area contributed by atoms with Gasteiger partial charge in [-0.3, -0.25) is 9.59 Å². The molecule has 1 N–H and O–H groups in total. The molecule has 0 spiro atoms. The van der Waals surface area contributed by atoms with Gasteiger partial charge < -0.3 is 19.4 Å². The normalized spacial score (nSPS) is 11.5. The Morgan fingerprint density at radius 2 is 1.74 bits per heavy atom. The number of ketones is 1. The molecule has 0 aliphatic heterocycles. The second-order valence-corrected chi connectivity index (χ2v) is 8.12. The van der Waals surface area contributed by atoms with E-state index in [-0.39, 0.29) is 28.5 Å². The number of ether oxygens (including phenoxy) is 2. The molecular formula is C22H26N2O6S. The van der Waals surface area contributed by atoms with Gasteiger partial charge in [0.1, 0.15) is 0 Å². The first-order valence-electron chi connectivity index (χ1n) is 9.53. The fourth-order valence-electron chi connectivity index (χ4n) is 2.92. The number of Topliss-reactive ketones (excluding diaryl/α,β-unsaturated/α-hetero) is 1. The molecule has 1 atom stereocenters. The predicted molar refractivity (Wildman–Crippen MR) is 117 cm³/mol. The third-order valence-corrected chi connectivity index (χ3v) is 5.74. The maximum atomic E-state index is 12.9. The van der Waals surface area contributed by atoms with E-state index in [4.69, 9.17) is 9.47 Å². The maximum absolute atomic E-state index is 12.9. The quantitative estimate of drug-likeness (QED) is 0.377. The number of aromatic amines is 1. The van der Waals surface area contributed by atoms with E-state index in [9.17, 15) is 19.2 Å². The largest absolute Gasteiger partial charge is 0.465 e. The number of carbonyl (C=O) groups excluding carboxylic acids is 4. The van der Waals surface area contributed by atoms with E-state index in [1.807, 2.05) is 0 Å². The lowest BCUT2D eigenvalue weighted by Gasteiger charge is -2.15. The van der Waals surface area contributed by atoms with Crippen molar-refractivity contribution >= 4 is 35.4 Å². The number of esters is 2. The fraction of sp³-hybridized carbons (Fsp3) is 0.364. The Morgan fingerprint density at radius 3 is 2.35 bits per heavy atom. The van der Waals surface area contributed by atoms with Crippen LogP contribution in [0, 0.1) is 13.8 Å². The van der Waals surface area contributed by atoms with Crippen molar-refractivity contribution in [3.8, 4) is 0 Å². The maximum Gasteiger partial charge on any atom is 0.339 e. The monoisotopic (exact) mass is 446 g/mol. The number of methoxy groups -OCH3 is 1. The summed E-state index contributed by atoms with van der Waals surface area (Å²) in [5.41, 5.74) is 1.69. The van der Waals surface area contributed by atoms with Crippen molar-refractivity contribution < 1.29 is 28.7 Å². The SMILES string of the molecule is COC(=O)c1c(C)[nH]c(C(=O)C(C)OC(=O)c2ccccc2SCC(=O)N(C)C)c1C. The summed E-state index contributed by atoms with van der Waals surface area (Å²) in [6.07, 6.45) is -1.09. The Hall–Kier alpha value is -3.07. The van der Waals surface area contributed by atoms with Crippen LogP contribution in [0.25, 0.3) is 0 Å². The van der Waals surface area contributed by atoms with Crippen LogP contribution in [0.15, 0.2) is 29.2 Å². The summed E-state index contributed by atoms with van der Waals surface area (Å²) in [6.45, 7) is 4.76. The second kappa shape index (κ2) is 10.3. The number of H-pyrrole nitrogens is 1. The highest BCUT2D eigenvalue weighted by atomic mass is 32.2. The van der Waals surface area contributed by atoms with Crippen molar-refractivity contribution in [2.45, 2.75) is 31.8 Å². The minimum atomic E-state index is -1.09. The highest BCUT2D eigenvalue weighted by molar-refractivity contribution is 8.00. The number of carbonyl (C=O) groups is 4. The molecule has 0 saturated heterocycles. The molecule has 1 aromatic heterocycles. The number of amides is 1. The molecule has 0 radical (unpaired) electrons. The standard InChI is InChI=1S/C22H26N2O6S/c1-12-18(22(28)29-6)13(2)23-19(12)20(26)14(3)30-21(27)15-9-7-8-10-16(15)31-11-17(25)24(4)5/h7-10,14,23H,11H2,1-6H3. The van der Waals surface area contributed by atoms with Gasteiger partial charge >= 0.3 is 11.9 Å². The van der Waals surface area contributed by atoms with Crippen molar-refractivity contribution in [2.75, 3.05) is 27.0 Å². The van der Waals surface area contributed by atoms with Gasteiger partial charge in [-0.2, -0.15) is 0 Å². The van der Waals surface area contributed by atoms with Gasteiger partial charge in [0.25, 0.3) is 0 Å². The summed E-state index contributed by atoms with van der Waals surface area (Å²) in [5, 5.41) is 0. The molecule has 2 rings (SSSR count). The van der Waals surface area contributed by atoms with Crippen LogP contribution in [-0.4, -0.2) is 66.6 Å². The molecule has 0 saturated carbocycles. The molecular weight excluding hydrogens is 420 g/mol. The van der Waals surface area contributed by atoms with Gasteiger partial charge in [-0.25, -0.2) is 9.59 Å². The first-order valence-corrected chi connectivity index (χ1v) is 10.5. The summed E-state index contributed by atoms with van der Waals surface area (Å²) in [4.78, 5) is 54.4. The molecule has 1 heterocycles. The van der Waals surface area contributed by atoms with Crippen molar-refractivity contribution in [3.63, 3.8) is 0 Å². The highest BCUT2D eigenvalue weighted by Gasteiger charge is 2.28. The zero-order chi connectivity index (χ0) is 23.3. The van der Waals surface area contributed by atoms with Crippen molar-refractivity contribution in [2.24, 2.45) is 0 Å². The molecule has 1 unspecified atom stereocenters. The Morgan fingerprint density at radius 1 is 1.10 bits per heavy atom. The molecule has 166 valence electrons. The number of nitrogens with one attached hydrogen (secondary N) is 1. The van der Waals surface area contributed by atoms with E-state index in [0.717, 1.165) is 0 Å². The van der Waals surface area contributed by atoms with Crippen molar-refractivity contribution in [1.82, 2.24) is 9.88 Å². The Labute approximate surface area is 185 Å². The Balaban J connectivity index is 2.17. The number of aromatic nitrogens is 1. The average molecular weight is 447 g/mol. The third-order valence-electron chi connectivity index (χ3n) is 4.68. The third kappa shape index (κ3) is 5.55. The lowest BCUT2D eigenvalue weighted by molar-refractivity contribution is -0.125. The van der Waals surface area contributed by atoms with Crippen molar-refractivity contribution in [3.05, 3.63) is 52.3 Å². The van der Waals surface area contributed by atoms with Gasteiger partial charge in [0.2, 0.25) is 11.7 Å². The van der Waals surface area contributed by atoms with Crippen LogP contribution in [0.3, 0.4) is 0 Å². The predicted octanol–water partition coefficient (Wildman–Crippen LogP) is 3.03. The number of hydrogen-bond donors (Lipinski definition) is 1. The van der Waals surface area contributed by atoms with Crippen LogP contribution in [0.1, 0.15) is 49.4 Å². The molecule has 0 aliphatic carbocycles. The van der Waals surface area contributed by atoms with Crippen LogP contribution in [0.5, 0.6) is 0 Å². The van der Waals surface area contributed by atoms with E-state index >= 15 is 0 Å². The molecule has 1 aromatic carbocycles. The number of hydrogen-bond acceptors (Lipinski definition) is 7. The van der Waals surface area contributed by atoms with Gasteiger partial charge in [0.05, 0.1) is 29.7 Å². The van der Waals surface area contributed by atoms with Gasteiger partial charge in [0.15, 0.2) is 6.10 Å². The molecule has 1 amide bonds. The molecule has 0 bridgehead atoms. The minimum absolute atomic E-state index is 0.0873. The van der Waals surface area contributed by atoms with E-state index in [0.29, 0.717) is 16.2 Å². The van der Waals surface area contributed by atoms with Crippen LogP contribution in [0.4, 0.5) is 0 Å². The average Bonchev–Trinajstić information content (AvgIpc) is 3.04. The first kappa shape index (κ1) is 24.2. The molecule has 8 nitrogen and oxygen atoms in total. The lowest BCUT2D eigenvalue weighted by Crippen LogP contribution is -2.26. The lowest BCUT2D eigenvalue weighted by atomic mass is 10.1. The zero-order valence-electron chi connectivity index (χ0n) is 18.4. The molecule has 2 aromatic rings. The molecule has 31 heavy (non-hydrogen) atoms. The summed E-state index contributed by atoms with van der Waals surface area (Å²) < 4.78 is 10.2. The number of nitrogens with zero attached hydrogens (tertiary/aromatic N) is 1.